The first-order chi connectivity index (χ1) is 14.2. The molecule has 1 aromatic carbocycles. The standard InChI is InChI=1S/C24H38FN3O/c25-23-8-4-5-9-24(23)26-13-10-21(11-14-26)28-16-15-27(22(19-28)12-17-29)18-20-6-2-1-3-7-20/h4-5,8-9,20-22,29H,1-3,6-7,10-19H2/t22-/m1/s1. The third-order valence-electron chi connectivity index (χ3n) is 7.49. The first kappa shape index (κ1) is 21.1. The van der Waals surface area contributed by atoms with Gasteiger partial charge < -0.3 is 10.0 Å². The summed E-state index contributed by atoms with van der Waals surface area (Å²) < 4.78 is 14.1. The molecular formula is C24H38FN3O. The van der Waals surface area contributed by atoms with E-state index in [4.69, 9.17) is 0 Å². The SMILES string of the molecule is OCC[C@@H]1CN(C2CCN(c3ccccc3F)CC2)CCN1CC1CCCCC1. The molecular weight excluding hydrogens is 365 g/mol. The molecule has 5 heteroatoms. The van der Waals surface area contributed by atoms with Crippen LogP contribution in [0.5, 0.6) is 0 Å². The molecule has 4 nitrogen and oxygen atoms in total. The number of halogens is 1. The van der Waals surface area contributed by atoms with Gasteiger partial charge in [0.2, 0.25) is 0 Å². The van der Waals surface area contributed by atoms with Gasteiger partial charge in [0, 0.05) is 58.0 Å². The van der Waals surface area contributed by atoms with Gasteiger partial charge in [-0.3, -0.25) is 9.80 Å². The van der Waals surface area contributed by atoms with Crippen molar-refractivity contribution in [1.29, 1.82) is 0 Å². The lowest BCUT2D eigenvalue weighted by Crippen LogP contribution is -2.58. The lowest BCUT2D eigenvalue weighted by molar-refractivity contribution is 0.0184. The third-order valence-corrected chi connectivity index (χ3v) is 7.49. The van der Waals surface area contributed by atoms with E-state index in [1.54, 1.807) is 12.1 Å². The van der Waals surface area contributed by atoms with Crippen molar-refractivity contribution in [3.8, 4) is 0 Å². The summed E-state index contributed by atoms with van der Waals surface area (Å²) in [5.74, 6) is 0.755. The fraction of sp³-hybridized carbons (Fsp3) is 0.750. The largest absolute Gasteiger partial charge is 0.396 e. The Labute approximate surface area is 175 Å². The lowest BCUT2D eigenvalue weighted by atomic mass is 9.88. The molecule has 1 aliphatic carbocycles. The number of aliphatic hydroxyl groups is 1. The van der Waals surface area contributed by atoms with E-state index < -0.39 is 0 Å². The second kappa shape index (κ2) is 10.2. The Morgan fingerprint density at radius 3 is 2.41 bits per heavy atom. The van der Waals surface area contributed by atoms with Crippen molar-refractivity contribution in [2.24, 2.45) is 5.92 Å². The Morgan fingerprint density at radius 2 is 1.69 bits per heavy atom. The molecule has 0 amide bonds. The number of rotatable bonds is 6. The quantitative estimate of drug-likeness (QED) is 0.784. The van der Waals surface area contributed by atoms with E-state index in [9.17, 15) is 9.50 Å². The molecule has 3 aliphatic rings. The van der Waals surface area contributed by atoms with Gasteiger partial charge in [-0.15, -0.1) is 0 Å². The second-order valence-electron chi connectivity index (χ2n) is 9.33. The minimum Gasteiger partial charge on any atom is -0.396 e. The summed E-state index contributed by atoms with van der Waals surface area (Å²) in [7, 11) is 0. The van der Waals surface area contributed by atoms with E-state index in [-0.39, 0.29) is 12.4 Å². The summed E-state index contributed by atoms with van der Waals surface area (Å²) in [6, 6.07) is 8.23. The number of anilines is 1. The van der Waals surface area contributed by atoms with E-state index in [0.717, 1.165) is 63.6 Å². The Balaban J connectivity index is 1.30. The monoisotopic (exact) mass is 403 g/mol. The molecule has 4 rings (SSSR count). The molecule has 0 radical (unpaired) electrons. The van der Waals surface area contributed by atoms with Crippen LogP contribution in [0.4, 0.5) is 10.1 Å². The molecule has 1 atom stereocenters. The number of aliphatic hydroxyl groups excluding tert-OH is 1. The summed E-state index contributed by atoms with van der Waals surface area (Å²) in [5, 5.41) is 9.64. The Bertz CT molecular complexity index is 628. The predicted octanol–water partition coefficient (Wildman–Crippen LogP) is 3.74. The molecule has 162 valence electrons. The zero-order chi connectivity index (χ0) is 20.1. The summed E-state index contributed by atoms with van der Waals surface area (Å²) >= 11 is 0. The van der Waals surface area contributed by atoms with Crippen LogP contribution < -0.4 is 4.90 Å². The van der Waals surface area contributed by atoms with Crippen LogP contribution in [0.25, 0.3) is 0 Å². The van der Waals surface area contributed by atoms with Crippen LogP contribution in [-0.2, 0) is 0 Å². The maximum absolute atomic E-state index is 14.1. The molecule has 0 aromatic heterocycles. The molecule has 1 saturated carbocycles. The average Bonchev–Trinajstić information content (AvgIpc) is 2.76. The third kappa shape index (κ3) is 5.31. The highest BCUT2D eigenvalue weighted by molar-refractivity contribution is 5.47. The topological polar surface area (TPSA) is 30.0 Å². The van der Waals surface area contributed by atoms with Crippen molar-refractivity contribution in [1.82, 2.24) is 9.80 Å². The van der Waals surface area contributed by atoms with Gasteiger partial charge in [-0.2, -0.15) is 0 Å². The number of hydrogen-bond acceptors (Lipinski definition) is 4. The first-order valence-corrected chi connectivity index (χ1v) is 11.8. The fourth-order valence-corrected chi connectivity index (χ4v) is 5.79. The molecule has 0 unspecified atom stereocenters. The van der Waals surface area contributed by atoms with Crippen molar-refractivity contribution < 1.29 is 9.50 Å². The van der Waals surface area contributed by atoms with Crippen molar-refractivity contribution in [2.45, 2.75) is 63.5 Å². The minimum atomic E-state index is -0.106. The van der Waals surface area contributed by atoms with Gasteiger partial charge in [-0.1, -0.05) is 31.4 Å². The number of hydrogen-bond donors (Lipinski definition) is 1. The minimum absolute atomic E-state index is 0.106. The summed E-state index contributed by atoms with van der Waals surface area (Å²) in [6.45, 7) is 6.72. The highest BCUT2D eigenvalue weighted by Gasteiger charge is 2.33. The van der Waals surface area contributed by atoms with Crippen molar-refractivity contribution in [3.63, 3.8) is 0 Å². The van der Waals surface area contributed by atoms with Gasteiger partial charge in [-0.25, -0.2) is 4.39 Å². The van der Waals surface area contributed by atoms with Crippen LogP contribution in [0.2, 0.25) is 0 Å². The summed E-state index contributed by atoms with van der Waals surface area (Å²) in [4.78, 5) is 7.55. The van der Waals surface area contributed by atoms with Gasteiger partial charge in [-0.05, 0) is 50.2 Å². The fourth-order valence-electron chi connectivity index (χ4n) is 5.79. The van der Waals surface area contributed by atoms with Gasteiger partial charge >= 0.3 is 0 Å². The van der Waals surface area contributed by atoms with E-state index in [1.807, 2.05) is 12.1 Å². The molecule has 29 heavy (non-hydrogen) atoms. The number of para-hydroxylation sites is 1. The van der Waals surface area contributed by atoms with Crippen molar-refractivity contribution in [2.75, 3.05) is 50.8 Å². The summed E-state index contributed by atoms with van der Waals surface area (Å²) in [6.07, 6.45) is 10.1. The van der Waals surface area contributed by atoms with Gasteiger partial charge in [0.05, 0.1) is 5.69 Å². The Kier molecular flexibility index (Phi) is 7.44. The van der Waals surface area contributed by atoms with Crippen molar-refractivity contribution >= 4 is 5.69 Å². The van der Waals surface area contributed by atoms with E-state index in [2.05, 4.69) is 14.7 Å². The molecule has 1 aromatic rings. The molecule has 0 spiro atoms. The van der Waals surface area contributed by atoms with Crippen LogP contribution in [0.1, 0.15) is 51.4 Å². The number of piperazine rings is 1. The predicted molar refractivity (Wildman–Crippen MR) is 117 cm³/mol. The van der Waals surface area contributed by atoms with Crippen LogP contribution in [0.3, 0.4) is 0 Å². The molecule has 3 fully saturated rings. The Morgan fingerprint density at radius 1 is 0.931 bits per heavy atom. The van der Waals surface area contributed by atoms with Crippen LogP contribution >= 0.6 is 0 Å². The zero-order valence-electron chi connectivity index (χ0n) is 17.8. The molecule has 2 saturated heterocycles. The van der Waals surface area contributed by atoms with Crippen LogP contribution in [0, 0.1) is 11.7 Å². The molecule has 0 bridgehead atoms. The van der Waals surface area contributed by atoms with Crippen molar-refractivity contribution in [3.05, 3.63) is 30.1 Å². The van der Waals surface area contributed by atoms with Crippen LogP contribution in [-0.4, -0.2) is 72.9 Å². The number of piperidine rings is 1. The van der Waals surface area contributed by atoms with Gasteiger partial charge in [0.25, 0.3) is 0 Å². The van der Waals surface area contributed by atoms with Gasteiger partial charge in [0.1, 0.15) is 5.82 Å². The Hall–Kier alpha value is -1.17. The zero-order valence-corrected chi connectivity index (χ0v) is 17.8. The highest BCUT2D eigenvalue weighted by Crippen LogP contribution is 2.29. The molecule has 2 heterocycles. The summed E-state index contributed by atoms with van der Waals surface area (Å²) in [5.41, 5.74) is 0.751. The van der Waals surface area contributed by atoms with E-state index in [1.165, 1.54) is 38.6 Å². The highest BCUT2D eigenvalue weighted by atomic mass is 19.1. The molecule has 1 N–H and O–H groups in total. The lowest BCUT2D eigenvalue weighted by Gasteiger charge is -2.47. The van der Waals surface area contributed by atoms with Gasteiger partial charge in [0.15, 0.2) is 0 Å². The second-order valence-corrected chi connectivity index (χ2v) is 9.33. The number of benzene rings is 1. The normalized spacial score (nSPS) is 26.1. The maximum atomic E-state index is 14.1. The van der Waals surface area contributed by atoms with E-state index >= 15 is 0 Å². The van der Waals surface area contributed by atoms with E-state index in [0.29, 0.717) is 12.1 Å². The smallest absolute Gasteiger partial charge is 0.146 e. The van der Waals surface area contributed by atoms with Crippen LogP contribution in [0.15, 0.2) is 24.3 Å². The average molecular weight is 404 g/mol. The number of nitrogens with zero attached hydrogens (tertiary/aromatic N) is 3. The first-order valence-electron chi connectivity index (χ1n) is 11.8. The molecule has 2 aliphatic heterocycles. The maximum Gasteiger partial charge on any atom is 0.146 e.